The summed E-state index contributed by atoms with van der Waals surface area (Å²) in [5.41, 5.74) is 2.72. The van der Waals surface area contributed by atoms with Crippen molar-refractivity contribution in [1.82, 2.24) is 48.6 Å². The SMILES string of the molecule is CNc1nc2c(nc(C)n2C(C)(C)C)c(=O)[nH]1.CNc1ncnc2c1nc(C)n2C(C)(C)C.Cc1nc2c(n1C(C)(C)C)N=CCC2=O. The molecular formula is C33H49N13O2. The molecule has 0 radical (unpaired) electrons. The van der Waals surface area contributed by atoms with Crippen LogP contribution in [0.2, 0.25) is 0 Å². The molecule has 15 nitrogen and oxygen atoms in total. The maximum atomic E-state index is 11.8. The molecule has 0 aromatic carbocycles. The Hall–Kier alpha value is -4.95. The number of aromatic amines is 1. The van der Waals surface area contributed by atoms with Crippen molar-refractivity contribution in [2.75, 3.05) is 24.7 Å². The van der Waals surface area contributed by atoms with Gasteiger partial charge in [-0.05, 0) is 83.1 Å². The van der Waals surface area contributed by atoms with Crippen molar-refractivity contribution in [3.05, 3.63) is 39.8 Å². The monoisotopic (exact) mass is 659 g/mol. The van der Waals surface area contributed by atoms with E-state index in [4.69, 9.17) is 0 Å². The highest BCUT2D eigenvalue weighted by Gasteiger charge is 2.28. The molecule has 6 heterocycles. The second kappa shape index (κ2) is 12.9. The first-order chi connectivity index (χ1) is 22.2. The molecule has 5 aromatic rings. The quantitative estimate of drug-likeness (QED) is 0.222. The second-order valence-corrected chi connectivity index (χ2v) is 14.6. The summed E-state index contributed by atoms with van der Waals surface area (Å²) in [5.74, 6) is 4.59. The lowest BCUT2D eigenvalue weighted by atomic mass is 10.1. The minimum atomic E-state index is -0.217. The maximum Gasteiger partial charge on any atom is 0.280 e. The van der Waals surface area contributed by atoms with E-state index >= 15 is 0 Å². The van der Waals surface area contributed by atoms with Crippen molar-refractivity contribution in [2.45, 2.75) is 106 Å². The third-order valence-electron chi connectivity index (χ3n) is 7.56. The van der Waals surface area contributed by atoms with Crippen molar-refractivity contribution >= 4 is 51.9 Å². The van der Waals surface area contributed by atoms with Gasteiger partial charge in [-0.1, -0.05) is 0 Å². The number of rotatable bonds is 2. The highest BCUT2D eigenvalue weighted by Crippen LogP contribution is 2.31. The number of aromatic nitrogens is 10. The van der Waals surface area contributed by atoms with E-state index in [2.05, 4.69) is 117 Å². The van der Waals surface area contributed by atoms with Gasteiger partial charge >= 0.3 is 0 Å². The topological polar surface area (TPSA) is 178 Å². The highest BCUT2D eigenvalue weighted by molar-refractivity contribution is 6.08. The van der Waals surface area contributed by atoms with Gasteiger partial charge in [-0.25, -0.2) is 29.9 Å². The van der Waals surface area contributed by atoms with Crippen molar-refractivity contribution in [3.8, 4) is 0 Å². The molecule has 0 aliphatic carbocycles. The number of hydrogen-bond donors (Lipinski definition) is 3. The minimum absolute atomic E-state index is 0.0296. The van der Waals surface area contributed by atoms with Gasteiger partial charge in [0.2, 0.25) is 5.95 Å². The summed E-state index contributed by atoms with van der Waals surface area (Å²) in [4.78, 5) is 56.3. The molecule has 1 aliphatic heterocycles. The van der Waals surface area contributed by atoms with Crippen LogP contribution >= 0.6 is 0 Å². The van der Waals surface area contributed by atoms with Gasteiger partial charge in [0.05, 0.1) is 0 Å². The lowest BCUT2D eigenvalue weighted by Crippen LogP contribution is -2.24. The number of carbonyl (C=O) groups excluding carboxylic acids is 1. The fraction of sp³-hybridized carbons (Fsp3) is 0.545. The van der Waals surface area contributed by atoms with Gasteiger partial charge in [0.15, 0.2) is 45.4 Å². The summed E-state index contributed by atoms with van der Waals surface area (Å²) in [7, 11) is 3.56. The van der Waals surface area contributed by atoms with E-state index in [1.54, 1.807) is 19.6 Å². The Morgan fingerprint density at radius 2 is 1.23 bits per heavy atom. The third-order valence-corrected chi connectivity index (χ3v) is 7.56. The molecule has 0 amide bonds. The van der Waals surface area contributed by atoms with Crippen LogP contribution in [0.25, 0.3) is 22.3 Å². The minimum Gasteiger partial charge on any atom is -0.371 e. The number of imidazole rings is 3. The van der Waals surface area contributed by atoms with Gasteiger partial charge in [0.1, 0.15) is 23.8 Å². The third kappa shape index (κ3) is 6.99. The first-order valence-corrected chi connectivity index (χ1v) is 15.9. The molecule has 0 saturated carbocycles. The van der Waals surface area contributed by atoms with Gasteiger partial charge in [0.25, 0.3) is 5.56 Å². The first kappa shape index (κ1) is 35.9. The molecular weight excluding hydrogens is 610 g/mol. The lowest BCUT2D eigenvalue weighted by molar-refractivity contribution is 0.0996. The van der Waals surface area contributed by atoms with Crippen molar-refractivity contribution in [1.29, 1.82) is 0 Å². The predicted octanol–water partition coefficient (Wildman–Crippen LogP) is 5.39. The number of aryl methyl sites for hydroxylation is 3. The zero-order chi connectivity index (χ0) is 35.9. The summed E-state index contributed by atoms with van der Waals surface area (Å²) < 4.78 is 6.11. The van der Waals surface area contributed by atoms with E-state index in [0.717, 1.165) is 34.5 Å². The van der Waals surface area contributed by atoms with Crippen LogP contribution in [0.1, 0.15) is 96.7 Å². The largest absolute Gasteiger partial charge is 0.371 e. The Bertz CT molecular complexity index is 2060. The molecule has 0 fully saturated rings. The van der Waals surface area contributed by atoms with Crippen LogP contribution in [0, 0.1) is 20.8 Å². The molecule has 0 spiro atoms. The smallest absolute Gasteiger partial charge is 0.280 e. The molecule has 1 aliphatic rings. The number of H-pyrrole nitrogens is 1. The maximum absolute atomic E-state index is 11.8. The molecule has 15 heteroatoms. The predicted molar refractivity (Wildman–Crippen MR) is 191 cm³/mol. The molecule has 0 saturated heterocycles. The number of fused-ring (bicyclic) bond motifs is 3. The molecule has 258 valence electrons. The fourth-order valence-corrected chi connectivity index (χ4v) is 5.93. The summed E-state index contributed by atoms with van der Waals surface area (Å²) in [6, 6.07) is 0. The number of nitrogens with one attached hydrogen (secondary N) is 3. The van der Waals surface area contributed by atoms with Crippen LogP contribution in [-0.4, -0.2) is 74.7 Å². The Labute approximate surface area is 280 Å². The van der Waals surface area contributed by atoms with Crippen molar-refractivity contribution in [3.63, 3.8) is 0 Å². The number of Topliss-reactive ketones (excluding diaryl/α,β-unsaturated/α-hetero) is 1. The standard InChI is InChI=1S/C11H17N5O.C11H17N5.C11H15N3O/c1-6-13-7-8(16(6)11(2,3)4)14-10(12-5)15-9(7)17;1-7-15-8-9(12-5)13-6-14-10(8)16(7)11(2,3)4;1-7-13-9-8(15)5-6-12-10(9)14(7)11(2,3)4/h1-5H3,(H2,12,14,15,17);6H,1-5H3,(H,12,13,14);6H,5H2,1-4H3. The van der Waals surface area contributed by atoms with Crippen LogP contribution in [-0.2, 0) is 16.6 Å². The average molecular weight is 660 g/mol. The molecule has 3 N–H and O–H groups in total. The van der Waals surface area contributed by atoms with Crippen LogP contribution in [0.15, 0.2) is 16.1 Å². The first-order valence-electron chi connectivity index (χ1n) is 15.9. The number of carbonyl (C=O) groups is 1. The van der Waals surface area contributed by atoms with Gasteiger partial charge in [-0.3, -0.25) is 14.6 Å². The molecule has 48 heavy (non-hydrogen) atoms. The van der Waals surface area contributed by atoms with Gasteiger partial charge in [0, 0.05) is 43.3 Å². The Balaban J connectivity index is 0.000000163. The van der Waals surface area contributed by atoms with Crippen LogP contribution in [0.5, 0.6) is 0 Å². The number of aliphatic imine (C=N–C) groups is 1. The summed E-state index contributed by atoms with van der Waals surface area (Å²) in [5, 5.41) is 5.88. The fourth-order valence-electron chi connectivity index (χ4n) is 5.93. The Morgan fingerprint density at radius 1 is 0.688 bits per heavy atom. The molecule has 0 unspecified atom stereocenters. The number of hydrogen-bond acceptors (Lipinski definition) is 11. The number of anilines is 2. The zero-order valence-electron chi connectivity index (χ0n) is 30.7. The Kier molecular flexibility index (Phi) is 9.66. The van der Waals surface area contributed by atoms with Crippen LogP contribution in [0.4, 0.5) is 17.6 Å². The molecule has 0 atom stereocenters. The molecule has 0 bridgehead atoms. The van der Waals surface area contributed by atoms with E-state index in [0.29, 0.717) is 35.0 Å². The van der Waals surface area contributed by atoms with Crippen LogP contribution < -0.4 is 16.2 Å². The molecule has 5 aromatic heterocycles. The van der Waals surface area contributed by atoms with Gasteiger partial charge < -0.3 is 24.3 Å². The second-order valence-electron chi connectivity index (χ2n) is 14.6. The Morgan fingerprint density at radius 3 is 1.77 bits per heavy atom. The normalized spacial score (nSPS) is 13.2. The molecule has 6 rings (SSSR count). The number of ketones is 1. The highest BCUT2D eigenvalue weighted by atomic mass is 16.1. The van der Waals surface area contributed by atoms with E-state index in [-0.39, 0.29) is 28.0 Å². The summed E-state index contributed by atoms with van der Waals surface area (Å²) in [6.45, 7) is 24.6. The zero-order valence-corrected chi connectivity index (χ0v) is 30.7. The summed E-state index contributed by atoms with van der Waals surface area (Å²) >= 11 is 0. The lowest BCUT2D eigenvalue weighted by Gasteiger charge is -2.24. The average Bonchev–Trinajstić information content (AvgIpc) is 3.62. The van der Waals surface area contributed by atoms with E-state index < -0.39 is 0 Å². The van der Waals surface area contributed by atoms with E-state index in [1.165, 1.54) is 0 Å². The van der Waals surface area contributed by atoms with Crippen molar-refractivity contribution in [2.24, 2.45) is 4.99 Å². The summed E-state index contributed by atoms with van der Waals surface area (Å²) in [6.07, 6.45) is 3.60. The van der Waals surface area contributed by atoms with E-state index in [9.17, 15) is 9.59 Å². The van der Waals surface area contributed by atoms with Crippen molar-refractivity contribution < 1.29 is 4.79 Å². The van der Waals surface area contributed by atoms with Gasteiger partial charge in [-0.15, -0.1) is 0 Å². The van der Waals surface area contributed by atoms with Crippen LogP contribution in [0.3, 0.4) is 0 Å². The number of nitrogens with zero attached hydrogens (tertiary/aromatic N) is 10. The van der Waals surface area contributed by atoms with E-state index in [1.807, 2.05) is 37.0 Å². The van der Waals surface area contributed by atoms with Gasteiger partial charge in [-0.2, -0.15) is 4.98 Å².